The van der Waals surface area contributed by atoms with Crippen LogP contribution in [0.1, 0.15) is 25.0 Å². The summed E-state index contributed by atoms with van der Waals surface area (Å²) in [5.74, 6) is 2.02. The third-order valence-electron chi connectivity index (χ3n) is 9.48. The molecule has 3 heteroatoms. The van der Waals surface area contributed by atoms with Gasteiger partial charge in [0.2, 0.25) is 0 Å². The molecule has 1 aromatic heterocycles. The molecule has 9 rings (SSSR count). The Morgan fingerprint density at radius 1 is 0.400 bits per heavy atom. The Kier molecular flexibility index (Phi) is 5.54. The van der Waals surface area contributed by atoms with Crippen LogP contribution >= 0.6 is 0 Å². The molecule has 0 bridgehead atoms. The number of nitrogens with zero attached hydrogens (tertiary/aromatic N) is 3. The number of hydrogen-bond donors (Lipinski definition) is 0. The summed E-state index contributed by atoms with van der Waals surface area (Å²) >= 11 is 0. The molecule has 0 saturated carbocycles. The molecule has 0 N–H and O–H groups in total. The minimum Gasteiger partial charge on any atom is -0.208 e. The zero-order chi connectivity index (χ0) is 30.1. The van der Waals surface area contributed by atoms with E-state index in [4.69, 9.17) is 15.0 Å². The first kappa shape index (κ1) is 25.8. The summed E-state index contributed by atoms with van der Waals surface area (Å²) in [6.45, 7) is 4.65. The predicted octanol–water partition coefficient (Wildman–Crippen LogP) is 10.6. The van der Waals surface area contributed by atoms with Gasteiger partial charge in [0, 0.05) is 22.1 Å². The van der Waals surface area contributed by atoms with Crippen molar-refractivity contribution in [3.63, 3.8) is 0 Å². The fourth-order valence-electron chi connectivity index (χ4n) is 7.15. The second-order valence-electron chi connectivity index (χ2n) is 12.5. The van der Waals surface area contributed by atoms with Crippen LogP contribution in [0, 0.1) is 0 Å². The molecule has 212 valence electrons. The van der Waals surface area contributed by atoms with Crippen molar-refractivity contribution in [2.45, 2.75) is 19.3 Å². The molecule has 7 aromatic carbocycles. The average Bonchev–Trinajstić information content (AvgIpc) is 3.33. The van der Waals surface area contributed by atoms with Crippen molar-refractivity contribution >= 4 is 32.3 Å². The van der Waals surface area contributed by atoms with Gasteiger partial charge in [-0.3, -0.25) is 0 Å². The van der Waals surface area contributed by atoms with Gasteiger partial charge in [-0.2, -0.15) is 0 Å². The van der Waals surface area contributed by atoms with E-state index in [2.05, 4.69) is 153 Å². The highest BCUT2D eigenvalue weighted by Crippen LogP contribution is 2.52. The Hall–Kier alpha value is -5.67. The summed E-state index contributed by atoms with van der Waals surface area (Å²) < 4.78 is 0. The standard InChI is InChI=1S/C42H29N3/c1-42(2)36-18-10-9-17-34(36)38-33-16-8-7-15-32(33)35(25-37(38)42)41-44-39(30-21-19-26-11-3-5-13-28(26)23-30)43-40(45-41)31-22-20-27-12-4-6-14-29(27)24-31/h3-25H,1-2H3. The maximum atomic E-state index is 5.22. The molecule has 3 nitrogen and oxygen atoms in total. The summed E-state index contributed by atoms with van der Waals surface area (Å²) in [4.78, 5) is 15.5. The topological polar surface area (TPSA) is 38.7 Å². The zero-order valence-corrected chi connectivity index (χ0v) is 25.1. The predicted molar refractivity (Wildman–Crippen MR) is 186 cm³/mol. The van der Waals surface area contributed by atoms with Crippen molar-refractivity contribution in [3.8, 4) is 45.3 Å². The SMILES string of the molecule is CC1(C)c2ccccc2-c2c1cc(-c1nc(-c3ccc4ccccc4c3)nc(-c3ccc4ccccc4c3)n1)c1ccccc21. The molecule has 0 aliphatic heterocycles. The van der Waals surface area contributed by atoms with Crippen LogP contribution in [-0.2, 0) is 5.41 Å². The van der Waals surface area contributed by atoms with Crippen molar-refractivity contribution in [2.75, 3.05) is 0 Å². The molecule has 1 heterocycles. The van der Waals surface area contributed by atoms with E-state index in [1.165, 1.54) is 38.4 Å². The first-order valence-electron chi connectivity index (χ1n) is 15.5. The lowest BCUT2D eigenvalue weighted by Gasteiger charge is -2.22. The van der Waals surface area contributed by atoms with Gasteiger partial charge in [-0.25, -0.2) is 15.0 Å². The van der Waals surface area contributed by atoms with E-state index in [1.54, 1.807) is 0 Å². The summed E-state index contributed by atoms with van der Waals surface area (Å²) in [5.41, 5.74) is 8.09. The first-order chi connectivity index (χ1) is 22.0. The van der Waals surface area contributed by atoms with Crippen LogP contribution < -0.4 is 0 Å². The van der Waals surface area contributed by atoms with Crippen LogP contribution in [0.5, 0.6) is 0 Å². The minimum atomic E-state index is -0.153. The van der Waals surface area contributed by atoms with Crippen molar-refractivity contribution < 1.29 is 0 Å². The van der Waals surface area contributed by atoms with E-state index in [0.29, 0.717) is 17.5 Å². The monoisotopic (exact) mass is 575 g/mol. The number of hydrogen-bond acceptors (Lipinski definition) is 3. The molecule has 0 atom stereocenters. The smallest absolute Gasteiger partial charge is 0.164 e. The third-order valence-corrected chi connectivity index (χ3v) is 9.48. The molecule has 8 aromatic rings. The number of rotatable bonds is 3. The highest BCUT2D eigenvalue weighted by atomic mass is 15.0. The second kappa shape index (κ2) is 9.67. The van der Waals surface area contributed by atoms with Crippen LogP contribution in [0.3, 0.4) is 0 Å². The van der Waals surface area contributed by atoms with E-state index in [9.17, 15) is 0 Å². The first-order valence-corrected chi connectivity index (χ1v) is 15.5. The lowest BCUT2D eigenvalue weighted by atomic mass is 9.81. The zero-order valence-electron chi connectivity index (χ0n) is 25.1. The van der Waals surface area contributed by atoms with Gasteiger partial charge in [-0.1, -0.05) is 135 Å². The molecular weight excluding hydrogens is 546 g/mol. The lowest BCUT2D eigenvalue weighted by molar-refractivity contribution is 0.661. The number of benzene rings is 7. The molecule has 0 radical (unpaired) electrons. The molecule has 0 spiro atoms. The van der Waals surface area contributed by atoms with Crippen molar-refractivity contribution in [1.82, 2.24) is 15.0 Å². The Balaban J connectivity index is 1.33. The highest BCUT2D eigenvalue weighted by Gasteiger charge is 2.37. The van der Waals surface area contributed by atoms with Crippen molar-refractivity contribution in [2.24, 2.45) is 0 Å². The molecular formula is C42H29N3. The Bertz CT molecular complexity index is 2380. The van der Waals surface area contributed by atoms with Crippen LogP contribution in [0.25, 0.3) is 77.6 Å². The largest absolute Gasteiger partial charge is 0.208 e. The molecule has 0 amide bonds. The molecule has 0 fully saturated rings. The number of fused-ring (bicyclic) bond motifs is 7. The van der Waals surface area contributed by atoms with Crippen LogP contribution in [0.15, 0.2) is 140 Å². The van der Waals surface area contributed by atoms with Gasteiger partial charge in [-0.15, -0.1) is 0 Å². The fourth-order valence-corrected chi connectivity index (χ4v) is 7.15. The Morgan fingerprint density at radius 2 is 0.911 bits per heavy atom. The maximum absolute atomic E-state index is 5.22. The summed E-state index contributed by atoms with van der Waals surface area (Å²) in [6, 6.07) is 49.5. The summed E-state index contributed by atoms with van der Waals surface area (Å²) in [7, 11) is 0. The van der Waals surface area contributed by atoms with E-state index in [-0.39, 0.29) is 5.41 Å². The number of aromatic nitrogens is 3. The van der Waals surface area contributed by atoms with Gasteiger partial charge in [0.25, 0.3) is 0 Å². The molecule has 1 aliphatic carbocycles. The van der Waals surface area contributed by atoms with Crippen molar-refractivity contribution in [1.29, 1.82) is 0 Å². The molecule has 0 saturated heterocycles. The highest BCUT2D eigenvalue weighted by molar-refractivity contribution is 6.08. The Labute approximate surface area is 261 Å². The molecule has 1 aliphatic rings. The van der Waals surface area contributed by atoms with Gasteiger partial charge in [-0.05, 0) is 72.8 Å². The fraction of sp³-hybridized carbons (Fsp3) is 0.0714. The van der Waals surface area contributed by atoms with Crippen molar-refractivity contribution in [3.05, 3.63) is 151 Å². The summed E-state index contributed by atoms with van der Waals surface area (Å²) in [6.07, 6.45) is 0. The van der Waals surface area contributed by atoms with Gasteiger partial charge in [0.05, 0.1) is 0 Å². The van der Waals surface area contributed by atoms with E-state index in [1.807, 2.05) is 0 Å². The van der Waals surface area contributed by atoms with Crippen LogP contribution in [0.2, 0.25) is 0 Å². The van der Waals surface area contributed by atoms with Gasteiger partial charge in [0.15, 0.2) is 17.5 Å². The molecule has 45 heavy (non-hydrogen) atoms. The maximum Gasteiger partial charge on any atom is 0.164 e. The Morgan fingerprint density at radius 3 is 1.56 bits per heavy atom. The van der Waals surface area contributed by atoms with E-state index in [0.717, 1.165) is 32.8 Å². The van der Waals surface area contributed by atoms with Crippen LogP contribution in [-0.4, -0.2) is 15.0 Å². The van der Waals surface area contributed by atoms with Crippen LogP contribution in [0.4, 0.5) is 0 Å². The quantitative estimate of drug-likeness (QED) is 0.210. The second-order valence-corrected chi connectivity index (χ2v) is 12.5. The molecule has 0 unspecified atom stereocenters. The van der Waals surface area contributed by atoms with Gasteiger partial charge >= 0.3 is 0 Å². The average molecular weight is 576 g/mol. The minimum absolute atomic E-state index is 0.153. The summed E-state index contributed by atoms with van der Waals surface area (Å²) in [5, 5.41) is 7.07. The van der Waals surface area contributed by atoms with Gasteiger partial charge in [0.1, 0.15) is 0 Å². The normalized spacial score (nSPS) is 13.3. The van der Waals surface area contributed by atoms with E-state index >= 15 is 0 Å². The van der Waals surface area contributed by atoms with E-state index < -0.39 is 0 Å². The lowest BCUT2D eigenvalue weighted by Crippen LogP contribution is -2.15. The third kappa shape index (κ3) is 4.01. The van der Waals surface area contributed by atoms with Gasteiger partial charge < -0.3 is 0 Å².